The third kappa shape index (κ3) is 5.28. The molecule has 7 heteroatoms. The molecule has 23 heavy (non-hydrogen) atoms. The Morgan fingerprint density at radius 1 is 1.22 bits per heavy atom. The molecule has 118 valence electrons. The first-order valence-corrected chi connectivity index (χ1v) is 6.87. The summed E-state index contributed by atoms with van der Waals surface area (Å²) in [6.45, 7) is 5.38. The minimum absolute atomic E-state index is 0.0331. The molecule has 0 saturated heterocycles. The van der Waals surface area contributed by atoms with Gasteiger partial charge in [-0.2, -0.15) is 10.2 Å². The number of benzene rings is 1. The smallest absolute Gasteiger partial charge is 0.412 e. The van der Waals surface area contributed by atoms with Gasteiger partial charge < -0.3 is 9.47 Å². The van der Waals surface area contributed by atoms with Crippen molar-refractivity contribution in [1.82, 2.24) is 9.97 Å². The lowest BCUT2D eigenvalue weighted by molar-refractivity contribution is 0.0636. The van der Waals surface area contributed by atoms with Crippen molar-refractivity contribution < 1.29 is 14.3 Å². The van der Waals surface area contributed by atoms with Crippen LogP contribution in [0.4, 0.5) is 10.5 Å². The standard InChI is InChI=1S/C16H16N4O3/c1-16(2,3)23-15(21)19-11-4-6-12(7-5-11)22-14-8-9-18-13(10-17)20-14/h4-9H,1-3H3,(H,19,21). The van der Waals surface area contributed by atoms with Crippen molar-refractivity contribution in [3.05, 3.63) is 42.4 Å². The fraction of sp³-hybridized carbons (Fsp3) is 0.250. The highest BCUT2D eigenvalue weighted by molar-refractivity contribution is 5.84. The van der Waals surface area contributed by atoms with Gasteiger partial charge in [0.15, 0.2) is 0 Å². The van der Waals surface area contributed by atoms with Crippen molar-refractivity contribution >= 4 is 11.8 Å². The largest absolute Gasteiger partial charge is 0.444 e. The number of nitrogens with zero attached hydrogens (tertiary/aromatic N) is 3. The van der Waals surface area contributed by atoms with Gasteiger partial charge in [0.05, 0.1) is 0 Å². The third-order valence-electron chi connectivity index (χ3n) is 2.45. The van der Waals surface area contributed by atoms with Crippen LogP contribution in [0.3, 0.4) is 0 Å². The molecule has 0 bridgehead atoms. The molecular weight excluding hydrogens is 296 g/mol. The monoisotopic (exact) mass is 312 g/mol. The number of nitriles is 1. The van der Waals surface area contributed by atoms with E-state index in [1.165, 1.54) is 6.20 Å². The summed E-state index contributed by atoms with van der Waals surface area (Å²) < 4.78 is 10.7. The second-order valence-corrected chi connectivity index (χ2v) is 5.58. The van der Waals surface area contributed by atoms with Crippen molar-refractivity contribution in [1.29, 1.82) is 5.26 Å². The summed E-state index contributed by atoms with van der Waals surface area (Å²) in [6, 6.07) is 10.1. The van der Waals surface area contributed by atoms with E-state index in [4.69, 9.17) is 14.7 Å². The van der Waals surface area contributed by atoms with E-state index in [9.17, 15) is 4.79 Å². The van der Waals surface area contributed by atoms with Crippen LogP contribution in [0.15, 0.2) is 36.5 Å². The Bertz CT molecular complexity index is 730. The Labute approximate surface area is 133 Å². The molecule has 0 saturated carbocycles. The van der Waals surface area contributed by atoms with E-state index in [2.05, 4.69) is 15.3 Å². The molecule has 0 aliphatic heterocycles. The highest BCUT2D eigenvalue weighted by Gasteiger charge is 2.16. The Morgan fingerprint density at radius 3 is 2.52 bits per heavy atom. The number of amides is 1. The molecule has 0 radical (unpaired) electrons. The summed E-state index contributed by atoms with van der Waals surface area (Å²) in [7, 11) is 0. The molecule has 0 unspecified atom stereocenters. The summed E-state index contributed by atoms with van der Waals surface area (Å²) >= 11 is 0. The predicted molar refractivity (Wildman–Crippen MR) is 83.1 cm³/mol. The van der Waals surface area contributed by atoms with Crippen molar-refractivity contribution in [2.24, 2.45) is 0 Å². The SMILES string of the molecule is CC(C)(C)OC(=O)Nc1ccc(Oc2ccnc(C#N)n2)cc1. The molecule has 1 aromatic carbocycles. The average Bonchev–Trinajstić information content (AvgIpc) is 2.47. The van der Waals surface area contributed by atoms with E-state index in [0.717, 1.165) is 0 Å². The lowest BCUT2D eigenvalue weighted by Gasteiger charge is -2.19. The van der Waals surface area contributed by atoms with Gasteiger partial charge in [-0.05, 0) is 45.0 Å². The lowest BCUT2D eigenvalue weighted by atomic mass is 10.2. The summed E-state index contributed by atoms with van der Waals surface area (Å²) in [5.74, 6) is 0.817. The molecule has 0 fully saturated rings. The van der Waals surface area contributed by atoms with Crippen LogP contribution in [0.1, 0.15) is 26.6 Å². The predicted octanol–water partition coefficient (Wildman–Crippen LogP) is 3.49. The number of ether oxygens (including phenoxy) is 2. The lowest BCUT2D eigenvalue weighted by Crippen LogP contribution is -2.27. The number of carbonyl (C=O) groups is 1. The normalized spacial score (nSPS) is 10.5. The van der Waals surface area contributed by atoms with E-state index < -0.39 is 11.7 Å². The summed E-state index contributed by atoms with van der Waals surface area (Å²) in [5.41, 5.74) is 0.0190. The van der Waals surface area contributed by atoms with Gasteiger partial charge in [-0.3, -0.25) is 5.32 Å². The molecule has 0 spiro atoms. The van der Waals surface area contributed by atoms with Crippen molar-refractivity contribution in [2.75, 3.05) is 5.32 Å². The first-order valence-electron chi connectivity index (χ1n) is 6.87. The molecule has 0 aliphatic carbocycles. The topological polar surface area (TPSA) is 97.1 Å². The van der Waals surface area contributed by atoms with Crippen molar-refractivity contribution in [2.45, 2.75) is 26.4 Å². The van der Waals surface area contributed by atoms with Gasteiger partial charge in [0.25, 0.3) is 0 Å². The van der Waals surface area contributed by atoms with Crippen LogP contribution in [0.25, 0.3) is 0 Å². The molecule has 2 aromatic rings. The van der Waals surface area contributed by atoms with Crippen LogP contribution in [0.2, 0.25) is 0 Å². The van der Waals surface area contributed by atoms with Crippen molar-refractivity contribution in [3.63, 3.8) is 0 Å². The second-order valence-electron chi connectivity index (χ2n) is 5.58. The summed E-state index contributed by atoms with van der Waals surface area (Å²) in [4.78, 5) is 19.3. The summed E-state index contributed by atoms with van der Waals surface area (Å²) in [5, 5.41) is 11.4. The molecule has 7 nitrogen and oxygen atoms in total. The van der Waals surface area contributed by atoms with Crippen molar-refractivity contribution in [3.8, 4) is 17.7 Å². The molecule has 1 N–H and O–H groups in total. The number of nitrogens with one attached hydrogen (secondary N) is 1. The maximum Gasteiger partial charge on any atom is 0.412 e. The second kappa shape index (κ2) is 6.75. The van der Waals surface area contributed by atoms with Gasteiger partial charge >= 0.3 is 6.09 Å². The first kappa shape index (κ1) is 16.2. The minimum Gasteiger partial charge on any atom is -0.444 e. The zero-order valence-electron chi connectivity index (χ0n) is 13.0. The van der Waals surface area contributed by atoms with Gasteiger partial charge in [0.1, 0.15) is 17.4 Å². The Hall–Kier alpha value is -3.14. The van der Waals surface area contributed by atoms with Crippen LogP contribution in [0, 0.1) is 11.3 Å². The minimum atomic E-state index is -0.557. The highest BCUT2D eigenvalue weighted by Crippen LogP contribution is 2.21. The maximum atomic E-state index is 11.7. The Kier molecular flexibility index (Phi) is 4.76. The number of aromatic nitrogens is 2. The van der Waals surface area contributed by atoms with Crippen LogP contribution in [-0.4, -0.2) is 21.7 Å². The molecule has 0 aliphatic rings. The van der Waals surface area contributed by atoms with E-state index in [0.29, 0.717) is 11.4 Å². The molecule has 1 aromatic heterocycles. The van der Waals surface area contributed by atoms with Crippen LogP contribution in [-0.2, 0) is 4.74 Å². The Balaban J connectivity index is 1.99. The molecular formula is C16H16N4O3. The van der Waals surface area contributed by atoms with Gasteiger partial charge in [-0.25, -0.2) is 9.78 Å². The average molecular weight is 312 g/mol. The van der Waals surface area contributed by atoms with Crippen LogP contribution >= 0.6 is 0 Å². The number of carbonyl (C=O) groups excluding carboxylic acids is 1. The highest BCUT2D eigenvalue weighted by atomic mass is 16.6. The van der Waals surface area contributed by atoms with Crippen LogP contribution < -0.4 is 10.1 Å². The van der Waals surface area contributed by atoms with Gasteiger partial charge in [-0.15, -0.1) is 0 Å². The maximum absolute atomic E-state index is 11.7. The zero-order valence-corrected chi connectivity index (χ0v) is 13.0. The summed E-state index contributed by atoms with van der Waals surface area (Å²) in [6.07, 6.45) is 0.917. The molecule has 2 rings (SSSR count). The van der Waals surface area contributed by atoms with E-state index in [1.807, 2.05) is 6.07 Å². The molecule has 1 amide bonds. The van der Waals surface area contributed by atoms with E-state index >= 15 is 0 Å². The Morgan fingerprint density at radius 2 is 1.91 bits per heavy atom. The number of anilines is 1. The third-order valence-corrected chi connectivity index (χ3v) is 2.45. The van der Waals surface area contributed by atoms with Gasteiger partial charge in [0, 0.05) is 18.0 Å². The fourth-order valence-corrected chi connectivity index (χ4v) is 1.60. The van der Waals surface area contributed by atoms with Gasteiger partial charge in [-0.1, -0.05) is 0 Å². The fourth-order valence-electron chi connectivity index (χ4n) is 1.60. The number of hydrogen-bond donors (Lipinski definition) is 1. The van der Waals surface area contributed by atoms with Crippen LogP contribution in [0.5, 0.6) is 11.6 Å². The molecule has 1 heterocycles. The first-order chi connectivity index (χ1) is 10.9. The number of rotatable bonds is 3. The van der Waals surface area contributed by atoms with E-state index in [-0.39, 0.29) is 11.7 Å². The van der Waals surface area contributed by atoms with E-state index in [1.54, 1.807) is 51.1 Å². The zero-order chi connectivity index (χ0) is 16.9. The number of hydrogen-bond acceptors (Lipinski definition) is 6. The van der Waals surface area contributed by atoms with Gasteiger partial charge in [0.2, 0.25) is 11.7 Å². The quantitative estimate of drug-likeness (QED) is 0.931. The molecule has 0 atom stereocenters.